The van der Waals surface area contributed by atoms with Gasteiger partial charge in [0.2, 0.25) is 0 Å². The molecule has 6 nitrogen and oxygen atoms in total. The zero-order chi connectivity index (χ0) is 22.2. The van der Waals surface area contributed by atoms with E-state index in [4.69, 9.17) is 19.1 Å². The van der Waals surface area contributed by atoms with Crippen LogP contribution in [0, 0.1) is 68.0 Å². The van der Waals surface area contributed by atoms with Gasteiger partial charge in [-0.15, -0.1) is 0 Å². The summed E-state index contributed by atoms with van der Waals surface area (Å²) in [6.45, 7) is 0. The average Bonchev–Trinajstić information content (AvgIpc) is 2.72. The molecule has 0 N–H and O–H groups in total. The predicted molar refractivity (Wildman–Crippen MR) is 119 cm³/mol. The molecule has 0 aromatic heterocycles. The Morgan fingerprint density at radius 1 is 0.448 bits per heavy atom. The third-order valence-electron chi connectivity index (χ3n) is 4.86. The zero-order valence-electron chi connectivity index (χ0n) is 16.2. The first-order valence-corrected chi connectivity index (χ1v) is 22.7. The molecule has 29 heavy (non-hydrogen) atoms. The number of hydrogen-bond acceptors (Lipinski definition) is 6. The van der Waals surface area contributed by atoms with Crippen molar-refractivity contribution in [3.8, 4) is 36.4 Å². The summed E-state index contributed by atoms with van der Waals surface area (Å²) < 4.78 is 0. The Balaban J connectivity index is 6.60. The molecule has 0 fully saturated rings. The van der Waals surface area contributed by atoms with Crippen LogP contribution in [-0.4, -0.2) is 37.0 Å². The fourth-order valence-corrected chi connectivity index (χ4v) is 61.3. The van der Waals surface area contributed by atoms with E-state index in [2.05, 4.69) is 36.4 Å². The van der Waals surface area contributed by atoms with E-state index in [1.165, 1.54) is 0 Å². The summed E-state index contributed by atoms with van der Waals surface area (Å²) in [6.07, 6.45) is 4.73. The second-order valence-corrected chi connectivity index (χ2v) is 42.7. The van der Waals surface area contributed by atoms with Gasteiger partial charge < -0.3 is 0 Å². The number of nitriles is 6. The monoisotopic (exact) mass is 564 g/mol. The van der Waals surface area contributed by atoms with Crippen molar-refractivity contribution in [2.24, 2.45) is 0 Å². The van der Waals surface area contributed by atoms with Crippen LogP contribution in [-0.2, 0) is 12.5 Å². The quantitative estimate of drug-likeness (QED) is 0.208. The van der Waals surface area contributed by atoms with Crippen LogP contribution in [0.5, 0.6) is 0 Å². The maximum atomic E-state index is 9.23. The van der Waals surface area contributed by atoms with Crippen LogP contribution >= 0.6 is 30.0 Å². The van der Waals surface area contributed by atoms with E-state index in [-0.39, 0.29) is 38.5 Å². The van der Waals surface area contributed by atoms with Gasteiger partial charge in [-0.25, -0.2) is 0 Å². The molecule has 0 unspecified atom stereocenters. The molecule has 0 aliphatic heterocycles. The van der Waals surface area contributed by atoms with E-state index < -0.39 is 23.4 Å². The first-order chi connectivity index (χ1) is 13.9. The first-order valence-electron chi connectivity index (χ1n) is 9.14. The van der Waals surface area contributed by atoms with Gasteiger partial charge >= 0.3 is 186 Å². The minimum atomic E-state index is -3.32. The molecule has 11 heteroatoms. The second kappa shape index (κ2) is 14.9. The predicted octanol–water partition coefficient (Wildman–Crippen LogP) is 5.26. The van der Waals surface area contributed by atoms with Crippen LogP contribution in [0.1, 0.15) is 38.5 Å². The molecular formula is C18H26Cl2N6P2Pd. The van der Waals surface area contributed by atoms with Crippen molar-refractivity contribution in [1.82, 2.24) is 0 Å². The molecule has 0 aliphatic rings. The number of hydrogen-bond donors (Lipinski definition) is 0. The molecule has 0 spiro atoms. The molecule has 0 rings (SSSR count). The van der Waals surface area contributed by atoms with Gasteiger partial charge in [0.1, 0.15) is 0 Å². The second-order valence-electron chi connectivity index (χ2n) is 6.48. The van der Waals surface area contributed by atoms with Crippen LogP contribution in [0.4, 0.5) is 0 Å². The molecule has 0 heterocycles. The molecule has 0 saturated carbocycles. The van der Waals surface area contributed by atoms with Crippen molar-refractivity contribution in [3.63, 3.8) is 0 Å². The summed E-state index contributed by atoms with van der Waals surface area (Å²) in [5.74, 6) is 0. The molecule has 162 valence electrons. The van der Waals surface area contributed by atoms with Crippen LogP contribution in [0.2, 0.25) is 0 Å². The van der Waals surface area contributed by atoms with Crippen molar-refractivity contribution in [1.29, 1.82) is 31.6 Å². The zero-order valence-corrected chi connectivity index (χ0v) is 21.3. The third-order valence-corrected chi connectivity index (χ3v) is 62.6. The maximum absolute atomic E-state index is 9.23. The Hall–Kier alpha value is -0.958. The SMILES string of the molecule is N#CCC[PH](CCC#N)(CCC#N)[Pd]([Cl])([Cl])[PH](CCC#N)(CCC#N)CCC#N. The van der Waals surface area contributed by atoms with Crippen LogP contribution in [0.3, 0.4) is 0 Å². The summed E-state index contributed by atoms with van der Waals surface area (Å²) in [5.41, 5.74) is -5.25. The van der Waals surface area contributed by atoms with Crippen molar-refractivity contribution >= 4 is 30.0 Å². The van der Waals surface area contributed by atoms with Crippen LogP contribution in [0.15, 0.2) is 0 Å². The van der Waals surface area contributed by atoms with Crippen molar-refractivity contribution in [2.45, 2.75) is 38.5 Å². The Kier molecular flexibility index (Phi) is 14.4. The molecule has 0 amide bonds. The fraction of sp³-hybridized carbons (Fsp3) is 0.667. The molecule has 0 atom stereocenters. The Bertz CT molecular complexity index is 624. The van der Waals surface area contributed by atoms with Gasteiger partial charge in [-0.2, -0.15) is 0 Å². The van der Waals surface area contributed by atoms with Gasteiger partial charge in [0.15, 0.2) is 0 Å². The van der Waals surface area contributed by atoms with E-state index >= 15 is 0 Å². The van der Waals surface area contributed by atoms with E-state index in [1.807, 2.05) is 0 Å². The minimum absolute atomic E-state index is 0.263. The van der Waals surface area contributed by atoms with E-state index in [0.717, 1.165) is 0 Å². The molecule has 0 aromatic rings. The third kappa shape index (κ3) is 7.66. The summed E-state index contributed by atoms with van der Waals surface area (Å²) in [7, 11) is 14.8. The standard InChI is InChI=1S/2C9H12N3P.2ClH.Pd/c2*10-4-1-7-13(8-2-5-11)9-3-6-12;;;/h2*1-3,7-9H2;2*1H;. The summed E-state index contributed by atoms with van der Waals surface area (Å²) in [5, 5.41) is 55.4. The number of halogens is 2. The summed E-state index contributed by atoms with van der Waals surface area (Å²) >= 11 is -3.32. The number of nitrogens with zero attached hydrogens (tertiary/aromatic N) is 6. The van der Waals surface area contributed by atoms with Gasteiger partial charge in [0.05, 0.1) is 0 Å². The van der Waals surface area contributed by atoms with E-state index in [1.54, 1.807) is 0 Å². The molecule has 0 aliphatic carbocycles. The number of rotatable bonds is 14. The van der Waals surface area contributed by atoms with E-state index in [0.29, 0.717) is 37.0 Å². The van der Waals surface area contributed by atoms with Crippen molar-refractivity contribution in [3.05, 3.63) is 0 Å². The van der Waals surface area contributed by atoms with Crippen molar-refractivity contribution < 1.29 is 12.5 Å². The van der Waals surface area contributed by atoms with Gasteiger partial charge in [-0.05, 0) is 0 Å². The summed E-state index contributed by atoms with van der Waals surface area (Å²) in [6, 6.07) is 13.0. The molecule has 0 radical (unpaired) electrons. The van der Waals surface area contributed by atoms with Gasteiger partial charge in [-0.1, -0.05) is 0 Å². The normalized spacial score (nSPS) is 12.8. The van der Waals surface area contributed by atoms with Gasteiger partial charge in [-0.3, -0.25) is 0 Å². The fourth-order valence-electron chi connectivity index (χ4n) is 3.33. The molecule has 0 saturated heterocycles. The van der Waals surface area contributed by atoms with E-state index in [9.17, 15) is 31.6 Å². The molecular weight excluding hydrogens is 540 g/mol. The molecule has 0 bridgehead atoms. The molecule has 0 aromatic carbocycles. The Morgan fingerprint density at radius 3 is 0.759 bits per heavy atom. The Morgan fingerprint density at radius 2 is 0.621 bits per heavy atom. The average molecular weight is 566 g/mol. The van der Waals surface area contributed by atoms with Gasteiger partial charge in [0, 0.05) is 0 Å². The summed E-state index contributed by atoms with van der Waals surface area (Å²) in [4.78, 5) is 0. The van der Waals surface area contributed by atoms with Crippen LogP contribution < -0.4 is 0 Å². The van der Waals surface area contributed by atoms with Crippen molar-refractivity contribution in [2.75, 3.05) is 37.0 Å². The van der Waals surface area contributed by atoms with Gasteiger partial charge in [0.25, 0.3) is 0 Å². The topological polar surface area (TPSA) is 143 Å². The Labute approximate surface area is 185 Å². The van der Waals surface area contributed by atoms with Crippen LogP contribution in [0.25, 0.3) is 0 Å². The first kappa shape index (κ1) is 28.0.